The molecule has 0 aliphatic heterocycles. The predicted octanol–water partition coefficient (Wildman–Crippen LogP) is 2.23. The normalized spacial score (nSPS) is 16.9. The van der Waals surface area contributed by atoms with E-state index in [0.717, 1.165) is 45.2 Å². The SMILES string of the molecule is COCCCOCCOCCNCC1CCCCC1. The van der Waals surface area contributed by atoms with Gasteiger partial charge in [-0.2, -0.15) is 0 Å². The van der Waals surface area contributed by atoms with E-state index in [1.165, 1.54) is 32.1 Å². The molecule has 4 nitrogen and oxygen atoms in total. The molecule has 114 valence electrons. The minimum absolute atomic E-state index is 0.687. The third-order valence-electron chi connectivity index (χ3n) is 3.59. The van der Waals surface area contributed by atoms with Crippen molar-refractivity contribution in [2.45, 2.75) is 38.5 Å². The van der Waals surface area contributed by atoms with Crippen LogP contribution in [0.15, 0.2) is 0 Å². The highest BCUT2D eigenvalue weighted by Crippen LogP contribution is 2.22. The van der Waals surface area contributed by atoms with Gasteiger partial charge in [0, 0.05) is 26.9 Å². The first kappa shape index (κ1) is 16.9. The van der Waals surface area contributed by atoms with Gasteiger partial charge in [-0.3, -0.25) is 0 Å². The number of rotatable bonds is 12. The first-order valence-electron chi connectivity index (χ1n) is 7.78. The van der Waals surface area contributed by atoms with Crippen molar-refractivity contribution in [3.05, 3.63) is 0 Å². The number of ether oxygens (including phenoxy) is 3. The van der Waals surface area contributed by atoms with Gasteiger partial charge in [0.15, 0.2) is 0 Å². The van der Waals surface area contributed by atoms with E-state index in [4.69, 9.17) is 14.2 Å². The molecule has 4 heteroatoms. The molecule has 0 saturated heterocycles. The van der Waals surface area contributed by atoms with Crippen LogP contribution in [0.2, 0.25) is 0 Å². The van der Waals surface area contributed by atoms with Crippen molar-refractivity contribution in [3.8, 4) is 0 Å². The number of hydrogen-bond donors (Lipinski definition) is 1. The summed E-state index contributed by atoms with van der Waals surface area (Å²) in [7, 11) is 1.71. The zero-order chi connectivity index (χ0) is 13.6. The van der Waals surface area contributed by atoms with Gasteiger partial charge in [0.2, 0.25) is 0 Å². The third kappa shape index (κ3) is 10.3. The molecular formula is C15H31NO3. The predicted molar refractivity (Wildman–Crippen MR) is 77.6 cm³/mol. The van der Waals surface area contributed by atoms with Crippen LogP contribution in [0.25, 0.3) is 0 Å². The minimum atomic E-state index is 0.687. The quantitative estimate of drug-likeness (QED) is 0.554. The molecule has 0 aromatic heterocycles. The van der Waals surface area contributed by atoms with Crippen LogP contribution in [0.1, 0.15) is 38.5 Å². The molecule has 1 aliphatic rings. The van der Waals surface area contributed by atoms with E-state index < -0.39 is 0 Å². The highest BCUT2D eigenvalue weighted by molar-refractivity contribution is 4.67. The molecule has 0 amide bonds. The molecule has 1 fully saturated rings. The molecule has 1 rings (SSSR count). The van der Waals surface area contributed by atoms with Crippen molar-refractivity contribution in [2.24, 2.45) is 5.92 Å². The van der Waals surface area contributed by atoms with Gasteiger partial charge in [-0.05, 0) is 31.7 Å². The van der Waals surface area contributed by atoms with E-state index >= 15 is 0 Å². The van der Waals surface area contributed by atoms with E-state index in [-0.39, 0.29) is 0 Å². The van der Waals surface area contributed by atoms with Gasteiger partial charge in [0.05, 0.1) is 19.8 Å². The van der Waals surface area contributed by atoms with Gasteiger partial charge >= 0.3 is 0 Å². The van der Waals surface area contributed by atoms with Gasteiger partial charge in [0.1, 0.15) is 0 Å². The second kappa shape index (κ2) is 12.9. The number of nitrogens with one attached hydrogen (secondary N) is 1. The summed E-state index contributed by atoms with van der Waals surface area (Å²) in [6.45, 7) is 5.82. The fourth-order valence-electron chi connectivity index (χ4n) is 2.47. The van der Waals surface area contributed by atoms with Crippen molar-refractivity contribution in [1.82, 2.24) is 5.32 Å². The molecule has 0 bridgehead atoms. The van der Waals surface area contributed by atoms with Gasteiger partial charge in [-0.1, -0.05) is 19.3 Å². The lowest BCUT2D eigenvalue weighted by atomic mass is 9.89. The summed E-state index contributed by atoms with van der Waals surface area (Å²) < 4.78 is 15.9. The van der Waals surface area contributed by atoms with Crippen LogP contribution in [-0.4, -0.2) is 53.2 Å². The van der Waals surface area contributed by atoms with E-state index in [2.05, 4.69) is 5.32 Å². The summed E-state index contributed by atoms with van der Waals surface area (Å²) in [4.78, 5) is 0. The van der Waals surface area contributed by atoms with Crippen LogP contribution in [0, 0.1) is 5.92 Å². The fraction of sp³-hybridized carbons (Fsp3) is 1.00. The van der Waals surface area contributed by atoms with Crippen LogP contribution >= 0.6 is 0 Å². The van der Waals surface area contributed by atoms with Crippen LogP contribution in [0.5, 0.6) is 0 Å². The van der Waals surface area contributed by atoms with Crippen LogP contribution in [0.4, 0.5) is 0 Å². The summed E-state index contributed by atoms with van der Waals surface area (Å²) >= 11 is 0. The maximum Gasteiger partial charge on any atom is 0.0701 e. The van der Waals surface area contributed by atoms with Crippen LogP contribution in [0.3, 0.4) is 0 Å². The van der Waals surface area contributed by atoms with E-state index in [1.807, 2.05) is 0 Å². The van der Waals surface area contributed by atoms with Crippen molar-refractivity contribution in [2.75, 3.05) is 53.2 Å². The molecule has 19 heavy (non-hydrogen) atoms. The minimum Gasteiger partial charge on any atom is -0.385 e. The lowest BCUT2D eigenvalue weighted by Gasteiger charge is -2.21. The molecular weight excluding hydrogens is 242 g/mol. The zero-order valence-electron chi connectivity index (χ0n) is 12.5. The Labute approximate surface area is 118 Å². The molecule has 1 N–H and O–H groups in total. The second-order valence-corrected chi connectivity index (χ2v) is 5.28. The maximum absolute atomic E-state index is 5.51. The molecule has 1 aliphatic carbocycles. The third-order valence-corrected chi connectivity index (χ3v) is 3.59. The van der Waals surface area contributed by atoms with Crippen LogP contribution < -0.4 is 5.32 Å². The second-order valence-electron chi connectivity index (χ2n) is 5.28. The van der Waals surface area contributed by atoms with Crippen molar-refractivity contribution >= 4 is 0 Å². The molecule has 0 heterocycles. The molecule has 0 radical (unpaired) electrons. The highest BCUT2D eigenvalue weighted by Gasteiger charge is 2.12. The topological polar surface area (TPSA) is 39.7 Å². The van der Waals surface area contributed by atoms with Gasteiger partial charge in [-0.25, -0.2) is 0 Å². The lowest BCUT2D eigenvalue weighted by Crippen LogP contribution is -2.27. The van der Waals surface area contributed by atoms with Gasteiger partial charge in [-0.15, -0.1) is 0 Å². The Morgan fingerprint density at radius 1 is 0.895 bits per heavy atom. The Morgan fingerprint density at radius 3 is 2.37 bits per heavy atom. The number of hydrogen-bond acceptors (Lipinski definition) is 4. The van der Waals surface area contributed by atoms with E-state index in [1.54, 1.807) is 7.11 Å². The molecule has 0 aromatic rings. The molecule has 0 aromatic carbocycles. The number of methoxy groups -OCH3 is 1. The first-order chi connectivity index (χ1) is 9.43. The smallest absolute Gasteiger partial charge is 0.0701 e. The average molecular weight is 273 g/mol. The Balaban J connectivity index is 1.71. The van der Waals surface area contributed by atoms with Gasteiger partial charge < -0.3 is 19.5 Å². The summed E-state index contributed by atoms with van der Waals surface area (Å²) in [6, 6.07) is 0. The van der Waals surface area contributed by atoms with Crippen molar-refractivity contribution in [3.63, 3.8) is 0 Å². The Bertz CT molecular complexity index is 184. The summed E-state index contributed by atoms with van der Waals surface area (Å²) in [6.07, 6.45) is 8.04. The molecule has 0 spiro atoms. The summed E-state index contributed by atoms with van der Waals surface area (Å²) in [5, 5.41) is 3.49. The van der Waals surface area contributed by atoms with E-state index in [0.29, 0.717) is 13.2 Å². The molecule has 0 unspecified atom stereocenters. The first-order valence-corrected chi connectivity index (χ1v) is 7.78. The molecule has 0 atom stereocenters. The standard InChI is InChI=1S/C15H31NO3/c1-17-9-5-10-18-12-13-19-11-8-16-14-15-6-3-2-4-7-15/h15-16H,2-14H2,1H3. The monoisotopic (exact) mass is 273 g/mol. The molecule has 1 saturated carbocycles. The summed E-state index contributed by atoms with van der Waals surface area (Å²) in [5.41, 5.74) is 0. The van der Waals surface area contributed by atoms with E-state index in [9.17, 15) is 0 Å². The summed E-state index contributed by atoms with van der Waals surface area (Å²) in [5.74, 6) is 0.901. The lowest BCUT2D eigenvalue weighted by molar-refractivity contribution is 0.0406. The highest BCUT2D eigenvalue weighted by atomic mass is 16.5. The van der Waals surface area contributed by atoms with Gasteiger partial charge in [0.25, 0.3) is 0 Å². The van der Waals surface area contributed by atoms with Crippen molar-refractivity contribution in [1.29, 1.82) is 0 Å². The fourth-order valence-corrected chi connectivity index (χ4v) is 2.47. The Morgan fingerprint density at radius 2 is 1.63 bits per heavy atom. The maximum atomic E-state index is 5.51. The Kier molecular flexibility index (Phi) is 11.4. The van der Waals surface area contributed by atoms with Crippen LogP contribution in [-0.2, 0) is 14.2 Å². The largest absolute Gasteiger partial charge is 0.385 e. The van der Waals surface area contributed by atoms with Crippen molar-refractivity contribution < 1.29 is 14.2 Å². The average Bonchev–Trinajstić information content (AvgIpc) is 2.46. The zero-order valence-corrected chi connectivity index (χ0v) is 12.5. The Hall–Kier alpha value is -0.160.